The van der Waals surface area contributed by atoms with E-state index >= 15 is 0 Å². The maximum Gasteiger partial charge on any atom is 0.259 e. The molecule has 2 heterocycles. The van der Waals surface area contributed by atoms with Gasteiger partial charge in [-0.15, -0.1) is 6.58 Å². The van der Waals surface area contributed by atoms with E-state index in [1.54, 1.807) is 41.2 Å². The van der Waals surface area contributed by atoms with E-state index in [-0.39, 0.29) is 18.2 Å². The SMILES string of the molecule is C=CCNS(=O)(=O)Cc1ccc(NC(=O)c2cn(-c3ccccc3)nc2-c2ccc(C)o2)cc1. The van der Waals surface area contributed by atoms with Gasteiger partial charge in [-0.1, -0.05) is 36.4 Å². The summed E-state index contributed by atoms with van der Waals surface area (Å²) in [5.41, 5.74) is 2.70. The third-order valence-electron chi connectivity index (χ3n) is 4.97. The topological polar surface area (TPSA) is 106 Å². The summed E-state index contributed by atoms with van der Waals surface area (Å²) in [7, 11) is -3.46. The summed E-state index contributed by atoms with van der Waals surface area (Å²) < 4.78 is 33.9. The predicted octanol–water partition coefficient (Wildman–Crippen LogP) is 4.30. The molecule has 2 N–H and O–H groups in total. The van der Waals surface area contributed by atoms with Gasteiger partial charge < -0.3 is 9.73 Å². The van der Waals surface area contributed by atoms with Crippen LogP contribution in [-0.2, 0) is 15.8 Å². The molecular weight excluding hydrogens is 452 g/mol. The number of hydrogen-bond donors (Lipinski definition) is 2. The van der Waals surface area contributed by atoms with Gasteiger partial charge in [0.1, 0.15) is 11.5 Å². The van der Waals surface area contributed by atoms with Gasteiger partial charge >= 0.3 is 0 Å². The minimum Gasteiger partial charge on any atom is -0.460 e. The molecule has 2 aromatic carbocycles. The molecule has 0 aliphatic heterocycles. The summed E-state index contributed by atoms with van der Waals surface area (Å²) in [6.45, 7) is 5.50. The van der Waals surface area contributed by atoms with E-state index < -0.39 is 10.0 Å². The third-order valence-corrected chi connectivity index (χ3v) is 6.29. The number of sulfonamides is 1. The summed E-state index contributed by atoms with van der Waals surface area (Å²) >= 11 is 0. The number of furan rings is 1. The van der Waals surface area contributed by atoms with Gasteiger partial charge in [0.25, 0.3) is 5.91 Å². The largest absolute Gasteiger partial charge is 0.460 e. The monoisotopic (exact) mass is 476 g/mol. The molecule has 8 nitrogen and oxygen atoms in total. The molecule has 0 bridgehead atoms. The van der Waals surface area contributed by atoms with Crippen LogP contribution in [0, 0.1) is 6.92 Å². The van der Waals surface area contributed by atoms with Crippen molar-refractivity contribution in [2.24, 2.45) is 0 Å². The minimum atomic E-state index is -3.46. The Morgan fingerprint density at radius 1 is 1.09 bits per heavy atom. The average Bonchev–Trinajstić information content (AvgIpc) is 3.46. The van der Waals surface area contributed by atoms with E-state index in [1.807, 2.05) is 43.3 Å². The molecule has 2 aromatic heterocycles. The first-order valence-electron chi connectivity index (χ1n) is 10.5. The highest BCUT2D eigenvalue weighted by Gasteiger charge is 2.21. The fraction of sp³-hybridized carbons (Fsp3) is 0.120. The van der Waals surface area contributed by atoms with Crippen molar-refractivity contribution in [3.8, 4) is 17.1 Å². The molecule has 34 heavy (non-hydrogen) atoms. The first kappa shape index (κ1) is 23.2. The van der Waals surface area contributed by atoms with Crippen molar-refractivity contribution in [2.45, 2.75) is 12.7 Å². The van der Waals surface area contributed by atoms with Crippen molar-refractivity contribution in [2.75, 3.05) is 11.9 Å². The van der Waals surface area contributed by atoms with Crippen molar-refractivity contribution in [3.05, 3.63) is 102 Å². The van der Waals surface area contributed by atoms with Crippen LogP contribution in [0.1, 0.15) is 21.7 Å². The van der Waals surface area contributed by atoms with Gasteiger partial charge in [0.05, 0.1) is 17.0 Å². The van der Waals surface area contributed by atoms with Gasteiger partial charge in [0.2, 0.25) is 10.0 Å². The number of aromatic nitrogens is 2. The molecule has 9 heteroatoms. The van der Waals surface area contributed by atoms with Crippen LogP contribution in [0.15, 0.2) is 90.0 Å². The highest BCUT2D eigenvalue weighted by Crippen LogP contribution is 2.26. The van der Waals surface area contributed by atoms with Gasteiger partial charge in [-0.05, 0) is 48.9 Å². The van der Waals surface area contributed by atoms with Crippen molar-refractivity contribution in [3.63, 3.8) is 0 Å². The van der Waals surface area contributed by atoms with E-state index in [9.17, 15) is 13.2 Å². The second-order valence-corrected chi connectivity index (χ2v) is 9.44. The lowest BCUT2D eigenvalue weighted by molar-refractivity contribution is 0.102. The van der Waals surface area contributed by atoms with Crippen LogP contribution in [-0.4, -0.2) is 30.7 Å². The molecule has 0 unspecified atom stereocenters. The van der Waals surface area contributed by atoms with Crippen molar-refractivity contribution in [1.82, 2.24) is 14.5 Å². The zero-order valence-electron chi connectivity index (χ0n) is 18.6. The summed E-state index contributed by atoms with van der Waals surface area (Å²) in [6, 6.07) is 19.7. The lowest BCUT2D eigenvalue weighted by Crippen LogP contribution is -2.25. The molecule has 174 valence electrons. The standard InChI is InChI=1S/C25H24N4O4S/c1-3-15-26-34(31,32)17-19-10-12-20(13-11-19)27-25(30)22-16-29(21-7-5-4-6-8-21)28-24(22)23-14-9-18(2)33-23/h3-14,16,26H,1,15,17H2,2H3,(H,27,30). The fourth-order valence-corrected chi connectivity index (χ4v) is 4.44. The quantitative estimate of drug-likeness (QED) is 0.350. The van der Waals surface area contributed by atoms with E-state index in [2.05, 4.69) is 21.7 Å². The van der Waals surface area contributed by atoms with Gasteiger partial charge in [-0.25, -0.2) is 17.8 Å². The Morgan fingerprint density at radius 2 is 1.82 bits per heavy atom. The zero-order chi connectivity index (χ0) is 24.1. The highest BCUT2D eigenvalue weighted by molar-refractivity contribution is 7.88. The lowest BCUT2D eigenvalue weighted by atomic mass is 10.2. The van der Waals surface area contributed by atoms with E-state index in [0.717, 1.165) is 5.69 Å². The van der Waals surface area contributed by atoms with Gasteiger partial charge in [-0.3, -0.25) is 4.79 Å². The van der Waals surface area contributed by atoms with E-state index in [0.29, 0.717) is 34.0 Å². The Balaban J connectivity index is 1.57. The Labute approximate surface area is 198 Å². The predicted molar refractivity (Wildman–Crippen MR) is 131 cm³/mol. The van der Waals surface area contributed by atoms with Crippen LogP contribution in [0.25, 0.3) is 17.1 Å². The number of benzene rings is 2. The van der Waals surface area contributed by atoms with Crippen molar-refractivity contribution >= 4 is 21.6 Å². The number of nitrogens with one attached hydrogen (secondary N) is 2. The Kier molecular flexibility index (Phi) is 6.76. The smallest absolute Gasteiger partial charge is 0.259 e. The normalized spacial score (nSPS) is 11.3. The Hall–Kier alpha value is -3.95. The number of carbonyl (C=O) groups excluding carboxylic acids is 1. The van der Waals surface area contributed by atoms with Crippen molar-refractivity contribution < 1.29 is 17.6 Å². The molecule has 0 saturated heterocycles. The molecule has 0 aliphatic rings. The van der Waals surface area contributed by atoms with Crippen molar-refractivity contribution in [1.29, 1.82) is 0 Å². The number of nitrogens with zero attached hydrogens (tertiary/aromatic N) is 2. The minimum absolute atomic E-state index is 0.166. The molecule has 0 atom stereocenters. The Morgan fingerprint density at radius 3 is 2.47 bits per heavy atom. The molecule has 0 aliphatic carbocycles. The van der Waals surface area contributed by atoms with Crippen LogP contribution >= 0.6 is 0 Å². The van der Waals surface area contributed by atoms with E-state index in [1.165, 1.54) is 6.08 Å². The maximum atomic E-state index is 13.2. The molecule has 0 fully saturated rings. The van der Waals surface area contributed by atoms with Crippen LogP contribution in [0.5, 0.6) is 0 Å². The fourth-order valence-electron chi connectivity index (χ4n) is 3.34. The van der Waals surface area contributed by atoms with Crippen LogP contribution in [0.4, 0.5) is 5.69 Å². The molecule has 1 amide bonds. The second kappa shape index (κ2) is 9.90. The first-order chi connectivity index (χ1) is 16.3. The number of rotatable bonds is 9. The third kappa shape index (κ3) is 5.51. The van der Waals surface area contributed by atoms with Crippen LogP contribution in [0.2, 0.25) is 0 Å². The van der Waals surface area contributed by atoms with Gasteiger partial charge in [-0.2, -0.15) is 5.10 Å². The number of carbonyl (C=O) groups is 1. The number of anilines is 1. The molecule has 0 saturated carbocycles. The maximum absolute atomic E-state index is 13.2. The molecule has 4 aromatic rings. The second-order valence-electron chi connectivity index (χ2n) is 7.63. The number of aryl methyl sites for hydroxylation is 1. The summed E-state index contributed by atoms with van der Waals surface area (Å²) in [4.78, 5) is 13.2. The Bertz CT molecular complexity index is 1400. The van der Waals surface area contributed by atoms with Crippen LogP contribution in [0.3, 0.4) is 0 Å². The lowest BCUT2D eigenvalue weighted by Gasteiger charge is -2.07. The first-order valence-corrected chi connectivity index (χ1v) is 12.2. The zero-order valence-corrected chi connectivity index (χ0v) is 19.4. The summed E-state index contributed by atoms with van der Waals surface area (Å²) in [5, 5.41) is 7.44. The summed E-state index contributed by atoms with van der Waals surface area (Å²) in [6.07, 6.45) is 3.14. The van der Waals surface area contributed by atoms with Gasteiger partial charge in [0.15, 0.2) is 5.76 Å². The summed E-state index contributed by atoms with van der Waals surface area (Å²) in [5.74, 6) is 0.675. The van der Waals surface area contributed by atoms with Gasteiger partial charge in [0, 0.05) is 18.4 Å². The number of para-hydroxylation sites is 1. The van der Waals surface area contributed by atoms with Crippen LogP contribution < -0.4 is 10.0 Å². The molecule has 0 spiro atoms. The highest BCUT2D eigenvalue weighted by atomic mass is 32.2. The average molecular weight is 477 g/mol. The number of amides is 1. The molecule has 0 radical (unpaired) electrons. The number of hydrogen-bond acceptors (Lipinski definition) is 5. The molecular formula is C25H24N4O4S. The van der Waals surface area contributed by atoms with E-state index in [4.69, 9.17) is 4.42 Å². The molecule has 4 rings (SSSR count).